The molecule has 16 rings (SSSR count). The van der Waals surface area contributed by atoms with E-state index in [1.54, 1.807) is 22.3 Å². The Labute approximate surface area is 420 Å². The number of para-hydroxylation sites is 2. The van der Waals surface area contributed by atoms with E-state index in [9.17, 15) is 0 Å². The Hall–Kier alpha value is -6.58. The average molecular weight is 917 g/mol. The molecule has 8 aromatic carbocycles. The van der Waals surface area contributed by atoms with E-state index in [1.807, 2.05) is 0 Å². The Morgan fingerprint density at radius 1 is 0.408 bits per heavy atom. The third kappa shape index (κ3) is 4.51. The van der Waals surface area contributed by atoms with Gasteiger partial charge in [-0.05, 0) is 181 Å². The first kappa shape index (κ1) is 41.1. The van der Waals surface area contributed by atoms with Crippen molar-refractivity contribution in [2.45, 2.75) is 90.9 Å². The van der Waals surface area contributed by atoms with Crippen LogP contribution in [0.4, 0.5) is 34.1 Å². The number of fused-ring (bicyclic) bond motifs is 20. The van der Waals surface area contributed by atoms with Crippen LogP contribution in [0, 0.1) is 33.5 Å². The van der Waals surface area contributed by atoms with Gasteiger partial charge in [0.15, 0.2) is 0 Å². The normalized spacial score (nSPS) is 28.5. The molecule has 6 atom stereocenters. The first-order valence-electron chi connectivity index (χ1n) is 26.9. The zero-order valence-corrected chi connectivity index (χ0v) is 42.1. The number of nitrogens with zero attached hydrogens (tertiary/aromatic N) is 2. The van der Waals surface area contributed by atoms with E-state index in [2.05, 4.69) is 227 Å². The maximum absolute atomic E-state index is 2.73. The van der Waals surface area contributed by atoms with Gasteiger partial charge in [0.25, 0.3) is 6.71 Å². The smallest absolute Gasteiger partial charge is 0.252 e. The van der Waals surface area contributed by atoms with Crippen LogP contribution in [0.3, 0.4) is 0 Å². The molecule has 2 aliphatic heterocycles. The Morgan fingerprint density at radius 2 is 0.958 bits per heavy atom. The highest BCUT2D eigenvalue weighted by atomic mass is 15.2. The van der Waals surface area contributed by atoms with Gasteiger partial charge in [-0.3, -0.25) is 0 Å². The van der Waals surface area contributed by atoms with Crippen LogP contribution >= 0.6 is 0 Å². The highest BCUT2D eigenvalue weighted by Gasteiger charge is 2.73. The lowest BCUT2D eigenvalue weighted by molar-refractivity contribution is 0.0990. The van der Waals surface area contributed by atoms with Crippen LogP contribution < -0.4 is 26.2 Å². The molecule has 0 amide bonds. The van der Waals surface area contributed by atoms with E-state index in [0.29, 0.717) is 11.8 Å². The van der Waals surface area contributed by atoms with Crippen LogP contribution in [0.1, 0.15) is 102 Å². The molecule has 3 heteroatoms. The molecular weight excluding hydrogens is 856 g/mol. The SMILES string of the molecule is CC1(C)[C@@H]2CC[C@@]1(C)C1(C2)c2ccccc2-c2ccc(N3c4ccccc4B4c5cc6c(cc5N(c5ccccc5)c5c(-c7ccccc7)ccc3c54)[C@]3(C[C@@H]4CC[C@@]3(C)C4(C)C)c3ccccc3-6)cc21. The van der Waals surface area contributed by atoms with Crippen molar-refractivity contribution in [1.82, 2.24) is 0 Å². The van der Waals surface area contributed by atoms with Crippen molar-refractivity contribution in [3.8, 4) is 33.4 Å². The minimum atomic E-state index is -0.0515. The van der Waals surface area contributed by atoms with Gasteiger partial charge >= 0.3 is 0 Å². The Balaban J connectivity index is 0.987. The van der Waals surface area contributed by atoms with E-state index < -0.39 is 0 Å². The maximum Gasteiger partial charge on any atom is 0.252 e. The summed E-state index contributed by atoms with van der Waals surface area (Å²) in [6, 6.07) is 69.1. The molecule has 4 saturated carbocycles. The van der Waals surface area contributed by atoms with Crippen molar-refractivity contribution in [3.05, 3.63) is 198 Å². The molecule has 4 bridgehead atoms. The molecule has 0 N–H and O–H groups in total. The summed E-state index contributed by atoms with van der Waals surface area (Å²) in [6.45, 7) is 15.7. The van der Waals surface area contributed by atoms with E-state index in [-0.39, 0.29) is 39.2 Å². The first-order valence-corrected chi connectivity index (χ1v) is 26.9. The summed E-state index contributed by atoms with van der Waals surface area (Å²) in [5.74, 6) is 1.40. The Bertz CT molecular complexity index is 3650. The van der Waals surface area contributed by atoms with Crippen molar-refractivity contribution in [1.29, 1.82) is 0 Å². The summed E-state index contributed by atoms with van der Waals surface area (Å²) in [5.41, 5.74) is 27.0. The summed E-state index contributed by atoms with van der Waals surface area (Å²) in [5, 5.41) is 0. The lowest BCUT2D eigenvalue weighted by Crippen LogP contribution is -2.61. The molecular formula is C68H61BN2. The zero-order chi connectivity index (χ0) is 47.6. The van der Waals surface area contributed by atoms with Gasteiger partial charge in [-0.15, -0.1) is 0 Å². The Kier molecular flexibility index (Phi) is 7.68. The molecule has 6 aliphatic carbocycles. The highest BCUT2D eigenvalue weighted by Crippen LogP contribution is 2.80. The quantitative estimate of drug-likeness (QED) is 0.163. The predicted molar refractivity (Wildman–Crippen MR) is 297 cm³/mol. The summed E-state index contributed by atoms with van der Waals surface area (Å²) < 4.78 is 0. The third-order valence-corrected chi connectivity index (χ3v) is 22.6. The number of anilines is 6. The van der Waals surface area contributed by atoms with E-state index in [4.69, 9.17) is 0 Å². The van der Waals surface area contributed by atoms with Gasteiger partial charge in [-0.2, -0.15) is 0 Å². The summed E-state index contributed by atoms with van der Waals surface area (Å²) >= 11 is 0. The molecule has 346 valence electrons. The van der Waals surface area contributed by atoms with Gasteiger partial charge in [-0.1, -0.05) is 175 Å². The molecule has 8 aliphatic rings. The molecule has 0 aromatic heterocycles. The van der Waals surface area contributed by atoms with Crippen molar-refractivity contribution < 1.29 is 0 Å². The fraction of sp³-hybridized carbons (Fsp3) is 0.294. The molecule has 0 radical (unpaired) electrons. The minimum absolute atomic E-state index is 0.0162. The van der Waals surface area contributed by atoms with Gasteiger partial charge in [-0.25, -0.2) is 0 Å². The molecule has 71 heavy (non-hydrogen) atoms. The van der Waals surface area contributed by atoms with E-state index in [0.717, 1.165) is 0 Å². The molecule has 0 saturated heterocycles. The molecule has 1 unspecified atom stereocenters. The maximum atomic E-state index is 2.73. The zero-order valence-electron chi connectivity index (χ0n) is 42.1. The van der Waals surface area contributed by atoms with E-state index >= 15 is 0 Å². The third-order valence-electron chi connectivity index (χ3n) is 22.6. The second-order valence-electron chi connectivity index (χ2n) is 24.8. The first-order chi connectivity index (χ1) is 34.4. The summed E-state index contributed by atoms with van der Waals surface area (Å²) in [4.78, 5) is 5.37. The average Bonchev–Trinajstić information content (AvgIpc) is 4.09. The van der Waals surface area contributed by atoms with Gasteiger partial charge in [0, 0.05) is 44.8 Å². The second kappa shape index (κ2) is 13.3. The topological polar surface area (TPSA) is 6.48 Å². The van der Waals surface area contributed by atoms with Gasteiger partial charge in [0.2, 0.25) is 0 Å². The fourth-order valence-corrected chi connectivity index (χ4v) is 18.5. The minimum Gasteiger partial charge on any atom is -0.311 e. The molecule has 2 heterocycles. The van der Waals surface area contributed by atoms with Gasteiger partial charge in [0.05, 0.1) is 5.69 Å². The predicted octanol–water partition coefficient (Wildman–Crippen LogP) is 15.7. The lowest BCUT2D eigenvalue weighted by atomic mass is 9.33. The number of rotatable bonds is 3. The van der Waals surface area contributed by atoms with Crippen LogP contribution in [0.15, 0.2) is 176 Å². The summed E-state index contributed by atoms with van der Waals surface area (Å²) in [6.07, 6.45) is 7.63. The molecule has 8 aromatic rings. The highest BCUT2D eigenvalue weighted by molar-refractivity contribution is 7.00. The summed E-state index contributed by atoms with van der Waals surface area (Å²) in [7, 11) is 0. The molecule has 2 nitrogen and oxygen atoms in total. The van der Waals surface area contributed by atoms with Gasteiger partial charge in [0.1, 0.15) is 0 Å². The van der Waals surface area contributed by atoms with Crippen LogP contribution in [0.5, 0.6) is 0 Å². The number of hydrogen-bond donors (Lipinski definition) is 0. The van der Waals surface area contributed by atoms with Crippen LogP contribution in [-0.4, -0.2) is 6.71 Å². The molecule has 2 spiro atoms. The van der Waals surface area contributed by atoms with Crippen molar-refractivity contribution in [3.63, 3.8) is 0 Å². The van der Waals surface area contributed by atoms with Crippen LogP contribution in [0.2, 0.25) is 0 Å². The van der Waals surface area contributed by atoms with E-state index in [1.165, 1.54) is 122 Å². The fourth-order valence-electron chi connectivity index (χ4n) is 18.5. The number of hydrogen-bond acceptors (Lipinski definition) is 2. The van der Waals surface area contributed by atoms with Crippen molar-refractivity contribution in [2.75, 3.05) is 9.80 Å². The Morgan fingerprint density at radius 3 is 1.59 bits per heavy atom. The standard InChI is InChI=1S/C68H61BN2/c1-63(2)43-33-35-65(63,5)67(40-43)52-25-15-13-23-48(52)50-30-29-46(37-54(50)67)70-58-28-18-17-27-56(58)69-57-38-51-49-24-14-16-26-53(49)68(41-44-34-36-66(68,6)64(44,3)4)55(51)39-60(57)71(45-21-11-8-12-22-45)62-47(31-32-59(70)61(62)69)42-19-9-7-10-20-42/h7-32,37-39,43-44H,33-36,40-41H2,1-6H3/t43-,44+,65-,66+,67?,68+/m1/s1. The number of benzene rings is 8. The van der Waals surface area contributed by atoms with Crippen molar-refractivity contribution in [2.24, 2.45) is 33.5 Å². The largest absolute Gasteiger partial charge is 0.311 e. The van der Waals surface area contributed by atoms with Gasteiger partial charge < -0.3 is 9.80 Å². The lowest BCUT2D eigenvalue weighted by Gasteiger charge is -2.49. The van der Waals surface area contributed by atoms with Crippen LogP contribution in [-0.2, 0) is 10.8 Å². The van der Waals surface area contributed by atoms with Crippen molar-refractivity contribution >= 4 is 57.2 Å². The second-order valence-corrected chi connectivity index (χ2v) is 24.8. The molecule has 4 fully saturated rings. The monoisotopic (exact) mass is 916 g/mol. The van der Waals surface area contributed by atoms with Crippen LogP contribution in [0.25, 0.3) is 33.4 Å².